The van der Waals surface area contributed by atoms with Gasteiger partial charge >= 0.3 is 0 Å². The lowest BCUT2D eigenvalue weighted by Crippen LogP contribution is -2.41. The lowest BCUT2D eigenvalue weighted by Gasteiger charge is -2.21. The van der Waals surface area contributed by atoms with Crippen LogP contribution in [0.2, 0.25) is 0 Å². The lowest BCUT2D eigenvalue weighted by molar-refractivity contribution is -0.124. The first-order valence-corrected chi connectivity index (χ1v) is 11.8. The van der Waals surface area contributed by atoms with Gasteiger partial charge in [0, 0.05) is 23.2 Å². The van der Waals surface area contributed by atoms with Gasteiger partial charge in [0.05, 0.1) is 15.8 Å². The predicted octanol–water partition coefficient (Wildman–Crippen LogP) is 3.86. The summed E-state index contributed by atoms with van der Waals surface area (Å²) in [7, 11) is 0. The number of aromatic nitrogens is 2. The molecule has 1 fully saturated rings. The number of carbonyl (C=O) groups excluding carboxylic acids is 1. The van der Waals surface area contributed by atoms with Crippen molar-refractivity contribution in [2.45, 2.75) is 52.0 Å². The van der Waals surface area contributed by atoms with E-state index in [0.717, 1.165) is 40.1 Å². The van der Waals surface area contributed by atoms with Gasteiger partial charge in [-0.05, 0) is 45.3 Å². The van der Waals surface area contributed by atoms with Gasteiger partial charge in [0.2, 0.25) is 5.91 Å². The minimum absolute atomic E-state index is 0.125. The maximum atomic E-state index is 13.3. The average molecular weight is 427 g/mol. The molecule has 0 saturated carbocycles. The van der Waals surface area contributed by atoms with Crippen LogP contribution in [-0.2, 0) is 4.79 Å². The van der Waals surface area contributed by atoms with E-state index in [1.54, 1.807) is 11.3 Å². The number of hydrogen-bond donors (Lipinski definition) is 1. The lowest BCUT2D eigenvalue weighted by atomic mass is 10.1. The topological polar surface area (TPSA) is 67.2 Å². The summed E-state index contributed by atoms with van der Waals surface area (Å²) in [4.78, 5) is 28.7. The number of rotatable bonds is 6. The molecular formula is C23H30N4O2S. The Bertz CT molecular complexity index is 1100. The number of thiophene rings is 1. The van der Waals surface area contributed by atoms with Gasteiger partial charge in [-0.15, -0.1) is 11.3 Å². The molecule has 6 nitrogen and oxygen atoms in total. The molecular weight excluding hydrogens is 396 g/mol. The molecule has 0 bridgehead atoms. The predicted molar refractivity (Wildman–Crippen MR) is 123 cm³/mol. The number of benzene rings is 1. The Kier molecular flexibility index (Phi) is 6.49. The third-order valence-corrected chi connectivity index (χ3v) is 7.29. The van der Waals surface area contributed by atoms with Gasteiger partial charge in [0.15, 0.2) is 0 Å². The monoisotopic (exact) mass is 426 g/mol. The summed E-state index contributed by atoms with van der Waals surface area (Å²) in [5.74, 6) is -0.125. The molecule has 3 heterocycles. The molecule has 2 aromatic heterocycles. The standard InChI is InChI=1S/C23H30N4O2S/c1-3-18(22(28)24-12-15-26-13-8-4-5-9-14-26)27-23(29)20-17-10-6-7-11-19(17)30-21(20)16(2)25-27/h6-7,10-11,18H,3-5,8-9,12-15H2,1-2H3,(H,24,28)/t18-/m1/s1. The molecule has 1 aliphatic heterocycles. The fourth-order valence-corrected chi connectivity index (χ4v) is 5.51. The van der Waals surface area contributed by atoms with E-state index in [-0.39, 0.29) is 11.5 Å². The molecule has 0 unspecified atom stereocenters. The largest absolute Gasteiger partial charge is 0.353 e. The van der Waals surface area contributed by atoms with Crippen molar-refractivity contribution in [3.05, 3.63) is 40.3 Å². The Balaban J connectivity index is 1.56. The van der Waals surface area contributed by atoms with Crippen LogP contribution in [0.5, 0.6) is 0 Å². The van der Waals surface area contributed by atoms with Gasteiger partial charge in [0.25, 0.3) is 5.56 Å². The molecule has 0 radical (unpaired) electrons. The minimum Gasteiger partial charge on any atom is -0.353 e. The molecule has 1 atom stereocenters. The average Bonchev–Trinajstić information content (AvgIpc) is 2.95. The smallest absolute Gasteiger partial charge is 0.276 e. The minimum atomic E-state index is -0.594. The van der Waals surface area contributed by atoms with Gasteiger partial charge in [-0.2, -0.15) is 5.10 Å². The van der Waals surface area contributed by atoms with E-state index in [2.05, 4.69) is 15.3 Å². The second kappa shape index (κ2) is 9.27. The van der Waals surface area contributed by atoms with Gasteiger partial charge in [0.1, 0.15) is 6.04 Å². The highest BCUT2D eigenvalue weighted by atomic mass is 32.1. The Morgan fingerprint density at radius 3 is 2.67 bits per heavy atom. The summed E-state index contributed by atoms with van der Waals surface area (Å²) < 4.78 is 3.38. The third kappa shape index (κ3) is 4.14. The summed E-state index contributed by atoms with van der Waals surface area (Å²) in [6, 6.07) is 7.33. The number of amides is 1. The Morgan fingerprint density at radius 2 is 1.93 bits per heavy atom. The van der Waals surface area contributed by atoms with Crippen molar-refractivity contribution in [1.29, 1.82) is 0 Å². The van der Waals surface area contributed by atoms with Crippen LogP contribution in [0.4, 0.5) is 0 Å². The second-order valence-corrected chi connectivity index (χ2v) is 9.16. The number of likely N-dealkylation sites (tertiary alicyclic amines) is 1. The molecule has 1 N–H and O–H groups in total. The molecule has 160 valence electrons. The van der Waals surface area contributed by atoms with Crippen LogP contribution in [0.1, 0.15) is 50.8 Å². The van der Waals surface area contributed by atoms with Crippen molar-refractivity contribution in [1.82, 2.24) is 20.0 Å². The van der Waals surface area contributed by atoms with Gasteiger partial charge in [-0.1, -0.05) is 38.0 Å². The van der Waals surface area contributed by atoms with Crippen molar-refractivity contribution in [3.8, 4) is 0 Å². The van der Waals surface area contributed by atoms with Crippen LogP contribution >= 0.6 is 11.3 Å². The third-order valence-electron chi connectivity index (χ3n) is 6.01. The van der Waals surface area contributed by atoms with E-state index in [1.807, 2.05) is 38.1 Å². The fourth-order valence-electron chi connectivity index (χ4n) is 4.37. The summed E-state index contributed by atoms with van der Waals surface area (Å²) in [6.45, 7) is 7.52. The molecule has 4 rings (SSSR count). The molecule has 0 spiro atoms. The molecule has 1 amide bonds. The number of carbonyl (C=O) groups is 1. The fraction of sp³-hybridized carbons (Fsp3) is 0.522. The number of aryl methyl sites for hydroxylation is 1. The van der Waals surface area contributed by atoms with E-state index < -0.39 is 6.04 Å². The molecule has 1 aromatic carbocycles. The second-order valence-electron chi connectivity index (χ2n) is 8.11. The molecule has 7 heteroatoms. The van der Waals surface area contributed by atoms with Crippen LogP contribution in [0.3, 0.4) is 0 Å². The van der Waals surface area contributed by atoms with E-state index >= 15 is 0 Å². The molecule has 3 aromatic rings. The summed E-state index contributed by atoms with van der Waals surface area (Å²) >= 11 is 1.59. The van der Waals surface area contributed by atoms with Gasteiger partial charge in [-0.3, -0.25) is 9.59 Å². The zero-order valence-corrected chi connectivity index (χ0v) is 18.6. The Labute approximate surface area is 180 Å². The van der Waals surface area contributed by atoms with Crippen molar-refractivity contribution in [2.24, 2.45) is 0 Å². The highest BCUT2D eigenvalue weighted by Crippen LogP contribution is 2.33. The maximum Gasteiger partial charge on any atom is 0.276 e. The van der Waals surface area contributed by atoms with E-state index in [4.69, 9.17) is 0 Å². The van der Waals surface area contributed by atoms with E-state index in [1.165, 1.54) is 30.4 Å². The quantitative estimate of drug-likeness (QED) is 0.650. The first-order valence-electron chi connectivity index (χ1n) is 11.0. The zero-order valence-electron chi connectivity index (χ0n) is 17.8. The zero-order chi connectivity index (χ0) is 21.1. The molecule has 1 saturated heterocycles. The number of hydrogen-bond acceptors (Lipinski definition) is 5. The highest BCUT2D eigenvalue weighted by molar-refractivity contribution is 7.26. The number of fused-ring (bicyclic) bond motifs is 3. The van der Waals surface area contributed by atoms with Gasteiger partial charge < -0.3 is 10.2 Å². The van der Waals surface area contributed by atoms with E-state index in [9.17, 15) is 9.59 Å². The van der Waals surface area contributed by atoms with Crippen LogP contribution in [-0.4, -0.2) is 46.8 Å². The van der Waals surface area contributed by atoms with Crippen molar-refractivity contribution in [2.75, 3.05) is 26.2 Å². The maximum absolute atomic E-state index is 13.3. The molecule has 30 heavy (non-hydrogen) atoms. The van der Waals surface area contributed by atoms with Crippen LogP contribution in [0.15, 0.2) is 29.1 Å². The van der Waals surface area contributed by atoms with Crippen LogP contribution in [0.25, 0.3) is 20.2 Å². The highest BCUT2D eigenvalue weighted by Gasteiger charge is 2.24. The first-order chi connectivity index (χ1) is 14.6. The molecule has 0 aliphatic carbocycles. The van der Waals surface area contributed by atoms with E-state index in [0.29, 0.717) is 18.4 Å². The van der Waals surface area contributed by atoms with Crippen molar-refractivity contribution < 1.29 is 4.79 Å². The summed E-state index contributed by atoms with van der Waals surface area (Å²) in [5, 5.41) is 9.21. The van der Waals surface area contributed by atoms with Crippen LogP contribution < -0.4 is 10.9 Å². The summed E-state index contributed by atoms with van der Waals surface area (Å²) in [6.07, 6.45) is 5.59. The van der Waals surface area contributed by atoms with Crippen molar-refractivity contribution in [3.63, 3.8) is 0 Å². The molecule has 1 aliphatic rings. The number of nitrogens with one attached hydrogen (secondary N) is 1. The Hall–Kier alpha value is -2.25. The SMILES string of the molecule is CC[C@H](C(=O)NCCN1CCCCCC1)n1nc(C)c2sc3ccccc3c2c1=O. The van der Waals surface area contributed by atoms with Crippen molar-refractivity contribution >= 4 is 37.4 Å². The Morgan fingerprint density at radius 1 is 1.20 bits per heavy atom. The van der Waals surface area contributed by atoms with Crippen LogP contribution in [0, 0.1) is 6.92 Å². The number of nitrogens with zero attached hydrogens (tertiary/aromatic N) is 3. The normalized spacial score (nSPS) is 16.6. The van der Waals surface area contributed by atoms with Gasteiger partial charge in [-0.25, -0.2) is 4.68 Å². The summed E-state index contributed by atoms with van der Waals surface area (Å²) in [5.41, 5.74) is 0.615. The first kappa shape index (κ1) is 21.0.